The Morgan fingerprint density at radius 1 is 1.00 bits per heavy atom. The van der Waals surface area contributed by atoms with Crippen LogP contribution in [0.25, 0.3) is 10.8 Å². The summed E-state index contributed by atoms with van der Waals surface area (Å²) < 4.78 is 11.7. The molecule has 4 heteroatoms. The molecule has 1 N–H and O–H groups in total. The predicted molar refractivity (Wildman–Crippen MR) is 113 cm³/mol. The maximum atomic E-state index is 12.5. The fourth-order valence-electron chi connectivity index (χ4n) is 3.04. The van der Waals surface area contributed by atoms with Crippen LogP contribution in [0.5, 0.6) is 11.5 Å². The molecule has 0 aliphatic carbocycles. The average molecular weight is 377 g/mol. The van der Waals surface area contributed by atoms with E-state index in [0.29, 0.717) is 25.3 Å². The molecule has 3 aromatic rings. The molecule has 0 bridgehead atoms. The van der Waals surface area contributed by atoms with E-state index in [1.807, 2.05) is 69.3 Å². The summed E-state index contributed by atoms with van der Waals surface area (Å²) in [7, 11) is 0. The van der Waals surface area contributed by atoms with Crippen molar-refractivity contribution in [2.75, 3.05) is 13.2 Å². The highest BCUT2D eigenvalue weighted by atomic mass is 16.5. The SMILES string of the molecule is CCC(Oc1ccc2ccccc2c1)C(=O)NCCOc1cc(C)ccc1C. The van der Waals surface area contributed by atoms with Gasteiger partial charge in [-0.1, -0.05) is 49.4 Å². The molecule has 146 valence electrons. The van der Waals surface area contributed by atoms with E-state index in [4.69, 9.17) is 9.47 Å². The molecule has 3 rings (SSSR count). The van der Waals surface area contributed by atoms with Gasteiger partial charge in [0, 0.05) is 0 Å². The number of amides is 1. The zero-order chi connectivity index (χ0) is 19.9. The van der Waals surface area contributed by atoms with E-state index in [0.717, 1.165) is 27.6 Å². The number of nitrogens with one attached hydrogen (secondary N) is 1. The van der Waals surface area contributed by atoms with Crippen molar-refractivity contribution >= 4 is 16.7 Å². The molecule has 0 saturated carbocycles. The minimum atomic E-state index is -0.526. The van der Waals surface area contributed by atoms with E-state index in [1.165, 1.54) is 0 Å². The summed E-state index contributed by atoms with van der Waals surface area (Å²) in [6.45, 7) is 6.84. The van der Waals surface area contributed by atoms with Crippen LogP contribution in [0.2, 0.25) is 0 Å². The summed E-state index contributed by atoms with van der Waals surface area (Å²) in [5.74, 6) is 1.43. The standard InChI is InChI=1S/C24H27NO3/c1-4-22(28-21-12-11-19-7-5-6-8-20(19)16-21)24(26)25-13-14-27-23-15-17(2)9-10-18(23)3/h5-12,15-16,22H,4,13-14H2,1-3H3,(H,25,26). The topological polar surface area (TPSA) is 47.6 Å². The van der Waals surface area contributed by atoms with Crippen molar-refractivity contribution in [1.29, 1.82) is 0 Å². The predicted octanol–water partition coefficient (Wildman–Crippen LogP) is 4.81. The van der Waals surface area contributed by atoms with Crippen molar-refractivity contribution in [2.24, 2.45) is 0 Å². The second-order valence-electron chi connectivity index (χ2n) is 6.93. The van der Waals surface area contributed by atoms with Crippen LogP contribution >= 0.6 is 0 Å². The fourth-order valence-corrected chi connectivity index (χ4v) is 3.04. The number of rotatable bonds is 8. The highest BCUT2D eigenvalue weighted by Crippen LogP contribution is 2.22. The first kappa shape index (κ1) is 19.7. The van der Waals surface area contributed by atoms with Crippen LogP contribution in [0, 0.1) is 13.8 Å². The van der Waals surface area contributed by atoms with E-state index in [1.54, 1.807) is 0 Å². The van der Waals surface area contributed by atoms with Crippen molar-refractivity contribution in [3.8, 4) is 11.5 Å². The Balaban J connectivity index is 1.52. The van der Waals surface area contributed by atoms with Gasteiger partial charge in [-0.3, -0.25) is 4.79 Å². The number of carbonyl (C=O) groups is 1. The van der Waals surface area contributed by atoms with Crippen LogP contribution < -0.4 is 14.8 Å². The Kier molecular flexibility index (Phi) is 6.53. The van der Waals surface area contributed by atoms with E-state index < -0.39 is 6.10 Å². The van der Waals surface area contributed by atoms with Crippen molar-refractivity contribution in [1.82, 2.24) is 5.32 Å². The van der Waals surface area contributed by atoms with Crippen LogP contribution in [0.1, 0.15) is 24.5 Å². The quantitative estimate of drug-likeness (QED) is 0.573. The molecule has 0 spiro atoms. The molecule has 0 saturated heterocycles. The van der Waals surface area contributed by atoms with Crippen molar-refractivity contribution < 1.29 is 14.3 Å². The van der Waals surface area contributed by atoms with Crippen LogP contribution in [0.4, 0.5) is 0 Å². The van der Waals surface area contributed by atoms with Gasteiger partial charge in [-0.15, -0.1) is 0 Å². The molecule has 0 aromatic heterocycles. The minimum absolute atomic E-state index is 0.125. The monoisotopic (exact) mass is 377 g/mol. The normalized spacial score (nSPS) is 11.8. The molecule has 28 heavy (non-hydrogen) atoms. The van der Waals surface area contributed by atoms with Gasteiger partial charge in [-0.2, -0.15) is 0 Å². The summed E-state index contributed by atoms with van der Waals surface area (Å²) in [5, 5.41) is 5.15. The lowest BCUT2D eigenvalue weighted by molar-refractivity contribution is -0.128. The van der Waals surface area contributed by atoms with Gasteiger partial charge in [0.1, 0.15) is 18.1 Å². The Hall–Kier alpha value is -3.01. The molecule has 4 nitrogen and oxygen atoms in total. The first-order valence-electron chi connectivity index (χ1n) is 9.70. The maximum Gasteiger partial charge on any atom is 0.261 e. The van der Waals surface area contributed by atoms with E-state index in [2.05, 4.69) is 17.4 Å². The molecule has 0 fully saturated rings. The molecular weight excluding hydrogens is 350 g/mol. The first-order valence-corrected chi connectivity index (χ1v) is 9.70. The Morgan fingerprint density at radius 2 is 1.79 bits per heavy atom. The first-order chi connectivity index (χ1) is 13.6. The average Bonchev–Trinajstić information content (AvgIpc) is 2.71. The lowest BCUT2D eigenvalue weighted by atomic mass is 10.1. The highest BCUT2D eigenvalue weighted by molar-refractivity contribution is 5.84. The van der Waals surface area contributed by atoms with Gasteiger partial charge in [-0.05, 0) is 60.4 Å². The van der Waals surface area contributed by atoms with Crippen LogP contribution in [-0.4, -0.2) is 25.2 Å². The van der Waals surface area contributed by atoms with Crippen molar-refractivity contribution in [2.45, 2.75) is 33.3 Å². The third-order valence-corrected chi connectivity index (χ3v) is 4.67. The van der Waals surface area contributed by atoms with Gasteiger partial charge in [0.05, 0.1) is 6.54 Å². The lowest BCUT2D eigenvalue weighted by Crippen LogP contribution is -2.39. The lowest BCUT2D eigenvalue weighted by Gasteiger charge is -2.18. The zero-order valence-electron chi connectivity index (χ0n) is 16.7. The van der Waals surface area contributed by atoms with Crippen LogP contribution in [-0.2, 0) is 4.79 Å². The molecule has 0 aliphatic rings. The van der Waals surface area contributed by atoms with Gasteiger partial charge >= 0.3 is 0 Å². The van der Waals surface area contributed by atoms with Gasteiger partial charge in [0.15, 0.2) is 6.10 Å². The fraction of sp³-hybridized carbons (Fsp3) is 0.292. The summed E-state index contributed by atoms with van der Waals surface area (Å²) in [6, 6.07) is 20.1. The van der Waals surface area contributed by atoms with Gasteiger partial charge in [0.25, 0.3) is 5.91 Å². The van der Waals surface area contributed by atoms with Crippen molar-refractivity contribution in [3.05, 3.63) is 71.8 Å². The van der Waals surface area contributed by atoms with Gasteiger partial charge in [-0.25, -0.2) is 0 Å². The number of hydrogen-bond acceptors (Lipinski definition) is 3. The molecule has 0 heterocycles. The number of carbonyl (C=O) groups excluding carboxylic acids is 1. The van der Waals surface area contributed by atoms with Gasteiger partial charge in [0.2, 0.25) is 0 Å². The number of fused-ring (bicyclic) bond motifs is 1. The summed E-state index contributed by atoms with van der Waals surface area (Å²) in [4.78, 5) is 12.5. The molecule has 1 amide bonds. The number of benzene rings is 3. The minimum Gasteiger partial charge on any atom is -0.491 e. The number of aryl methyl sites for hydroxylation is 2. The second kappa shape index (κ2) is 9.27. The third-order valence-electron chi connectivity index (χ3n) is 4.67. The smallest absolute Gasteiger partial charge is 0.261 e. The molecule has 0 radical (unpaired) electrons. The number of ether oxygens (including phenoxy) is 2. The third kappa shape index (κ3) is 5.03. The Morgan fingerprint density at radius 3 is 2.57 bits per heavy atom. The molecule has 1 unspecified atom stereocenters. The second-order valence-corrected chi connectivity index (χ2v) is 6.93. The molecule has 0 aliphatic heterocycles. The van der Waals surface area contributed by atoms with E-state index >= 15 is 0 Å². The van der Waals surface area contributed by atoms with Crippen molar-refractivity contribution in [3.63, 3.8) is 0 Å². The molecular formula is C24H27NO3. The van der Waals surface area contributed by atoms with Crippen LogP contribution in [0.15, 0.2) is 60.7 Å². The zero-order valence-corrected chi connectivity index (χ0v) is 16.7. The summed E-state index contributed by atoms with van der Waals surface area (Å²) in [5.41, 5.74) is 2.24. The Bertz CT molecular complexity index is 951. The van der Waals surface area contributed by atoms with E-state index in [-0.39, 0.29) is 5.91 Å². The molecule has 1 atom stereocenters. The van der Waals surface area contributed by atoms with Crippen LogP contribution in [0.3, 0.4) is 0 Å². The maximum absolute atomic E-state index is 12.5. The summed E-state index contributed by atoms with van der Waals surface area (Å²) >= 11 is 0. The molecule has 3 aromatic carbocycles. The summed E-state index contributed by atoms with van der Waals surface area (Å²) in [6.07, 6.45) is 0.0677. The van der Waals surface area contributed by atoms with E-state index in [9.17, 15) is 4.79 Å². The highest BCUT2D eigenvalue weighted by Gasteiger charge is 2.18. The largest absolute Gasteiger partial charge is 0.491 e. The Labute approximate surface area is 166 Å². The van der Waals surface area contributed by atoms with Gasteiger partial charge < -0.3 is 14.8 Å². The number of hydrogen-bond donors (Lipinski definition) is 1.